The first kappa shape index (κ1) is 19.1. The van der Waals surface area contributed by atoms with Crippen molar-refractivity contribution in [3.8, 4) is 0 Å². The van der Waals surface area contributed by atoms with Gasteiger partial charge in [0, 0.05) is 0 Å². The first-order valence-electron chi connectivity index (χ1n) is 8.12. The highest BCUT2D eigenvalue weighted by atomic mass is 32.2. The summed E-state index contributed by atoms with van der Waals surface area (Å²) in [5, 5.41) is 1.21. The van der Waals surface area contributed by atoms with Gasteiger partial charge in [-0.05, 0) is 41.1 Å². The lowest BCUT2D eigenvalue weighted by atomic mass is 10.0. The molecule has 0 fully saturated rings. The van der Waals surface area contributed by atoms with Gasteiger partial charge in [-0.1, -0.05) is 30.3 Å². The van der Waals surface area contributed by atoms with Crippen molar-refractivity contribution >= 4 is 32.7 Å². The minimum atomic E-state index is -4.73. The fourth-order valence-electron chi connectivity index (χ4n) is 3.00. The SMILES string of the molecule is O=C1c2ccc3ccccc3c2C(=O)N1OS(=O)(=O)c1ccc(C(F)(F)F)cc1. The van der Waals surface area contributed by atoms with E-state index >= 15 is 0 Å². The van der Waals surface area contributed by atoms with Crippen molar-refractivity contribution in [2.75, 3.05) is 0 Å². The third-order valence-electron chi connectivity index (χ3n) is 4.39. The van der Waals surface area contributed by atoms with Gasteiger partial charge in [-0.25, -0.2) is 0 Å². The fourth-order valence-corrected chi connectivity index (χ4v) is 3.89. The molecule has 0 unspecified atom stereocenters. The van der Waals surface area contributed by atoms with Crippen molar-refractivity contribution in [1.29, 1.82) is 0 Å². The molecular formula is C19H10F3NO5S. The molecule has 0 saturated carbocycles. The summed E-state index contributed by atoms with van der Waals surface area (Å²) >= 11 is 0. The Kier molecular flexibility index (Phi) is 4.21. The summed E-state index contributed by atoms with van der Waals surface area (Å²) in [4.78, 5) is 24.6. The first-order valence-corrected chi connectivity index (χ1v) is 9.53. The molecule has 0 aromatic heterocycles. The molecule has 0 spiro atoms. The van der Waals surface area contributed by atoms with Crippen LogP contribution in [0.4, 0.5) is 13.2 Å². The highest BCUT2D eigenvalue weighted by Crippen LogP contribution is 2.33. The number of rotatable bonds is 3. The van der Waals surface area contributed by atoms with E-state index in [0.717, 1.165) is 0 Å². The van der Waals surface area contributed by atoms with Crippen LogP contribution in [0.3, 0.4) is 0 Å². The third-order valence-corrected chi connectivity index (χ3v) is 5.58. The first-order chi connectivity index (χ1) is 13.6. The van der Waals surface area contributed by atoms with Crippen LogP contribution in [-0.4, -0.2) is 25.3 Å². The molecule has 0 N–H and O–H groups in total. The Balaban J connectivity index is 1.68. The van der Waals surface area contributed by atoms with Crippen LogP contribution in [0.25, 0.3) is 10.8 Å². The number of hydroxylamine groups is 2. The number of nitrogens with zero attached hydrogens (tertiary/aromatic N) is 1. The predicted molar refractivity (Wildman–Crippen MR) is 94.2 cm³/mol. The zero-order valence-corrected chi connectivity index (χ0v) is 15.1. The highest BCUT2D eigenvalue weighted by Gasteiger charge is 2.41. The summed E-state index contributed by atoms with van der Waals surface area (Å²) in [6.07, 6.45) is -4.65. The van der Waals surface area contributed by atoms with Crippen LogP contribution >= 0.6 is 0 Å². The quantitative estimate of drug-likeness (QED) is 0.602. The molecule has 6 nitrogen and oxygen atoms in total. The van der Waals surface area contributed by atoms with Crippen molar-refractivity contribution in [1.82, 2.24) is 5.06 Å². The number of fused-ring (bicyclic) bond motifs is 3. The Labute approximate surface area is 162 Å². The summed E-state index contributed by atoms with van der Waals surface area (Å²) in [7, 11) is -4.73. The third kappa shape index (κ3) is 3.15. The topological polar surface area (TPSA) is 80.8 Å². The van der Waals surface area contributed by atoms with Gasteiger partial charge < -0.3 is 0 Å². The van der Waals surface area contributed by atoms with Crippen LogP contribution in [0.5, 0.6) is 0 Å². The van der Waals surface area contributed by atoms with Gasteiger partial charge in [-0.2, -0.15) is 21.6 Å². The van der Waals surface area contributed by atoms with E-state index in [1.54, 1.807) is 30.3 Å². The molecule has 0 radical (unpaired) electrons. The number of hydrogen-bond donors (Lipinski definition) is 0. The minimum absolute atomic E-state index is 0.00396. The normalized spacial score (nSPS) is 14.5. The average molecular weight is 421 g/mol. The lowest BCUT2D eigenvalue weighted by Gasteiger charge is -2.13. The molecule has 10 heteroatoms. The maximum absolute atomic E-state index is 12.7. The number of halogens is 3. The number of imide groups is 1. The van der Waals surface area contributed by atoms with E-state index in [2.05, 4.69) is 0 Å². The molecule has 1 aliphatic rings. The lowest BCUT2D eigenvalue weighted by Crippen LogP contribution is -2.32. The molecule has 3 aromatic carbocycles. The van der Waals surface area contributed by atoms with Gasteiger partial charge in [0.1, 0.15) is 0 Å². The molecule has 0 aliphatic carbocycles. The second-order valence-electron chi connectivity index (χ2n) is 6.16. The van der Waals surface area contributed by atoms with Gasteiger partial charge in [0.05, 0.1) is 21.6 Å². The van der Waals surface area contributed by atoms with Crippen molar-refractivity contribution in [3.63, 3.8) is 0 Å². The van der Waals surface area contributed by atoms with Crippen LogP contribution in [0, 0.1) is 0 Å². The van der Waals surface area contributed by atoms with Crippen molar-refractivity contribution in [3.05, 3.63) is 77.4 Å². The maximum Gasteiger partial charge on any atom is 0.416 e. The lowest BCUT2D eigenvalue weighted by molar-refractivity contribution is -0.137. The summed E-state index contributed by atoms with van der Waals surface area (Å²) in [6.45, 7) is 0. The van der Waals surface area contributed by atoms with Gasteiger partial charge >= 0.3 is 16.3 Å². The van der Waals surface area contributed by atoms with Crippen molar-refractivity contribution in [2.24, 2.45) is 0 Å². The number of carbonyl (C=O) groups excluding carboxylic acids is 2. The van der Waals surface area contributed by atoms with E-state index in [9.17, 15) is 31.2 Å². The summed E-state index contributed by atoms with van der Waals surface area (Å²) in [5.74, 6) is -1.96. The Bertz CT molecular complexity index is 1270. The van der Waals surface area contributed by atoms with Gasteiger partial charge in [-0.15, -0.1) is 9.35 Å². The monoisotopic (exact) mass is 421 g/mol. The minimum Gasteiger partial charge on any atom is -0.266 e. The Morgan fingerprint density at radius 3 is 2.14 bits per heavy atom. The molecule has 29 heavy (non-hydrogen) atoms. The van der Waals surface area contributed by atoms with Gasteiger partial charge in [0.2, 0.25) is 0 Å². The van der Waals surface area contributed by atoms with E-state index in [-0.39, 0.29) is 16.2 Å². The van der Waals surface area contributed by atoms with Gasteiger partial charge in [0.25, 0.3) is 11.8 Å². The highest BCUT2D eigenvalue weighted by molar-refractivity contribution is 7.86. The molecular weight excluding hydrogens is 411 g/mol. The van der Waals surface area contributed by atoms with E-state index in [4.69, 9.17) is 4.28 Å². The number of carbonyl (C=O) groups is 2. The zero-order chi connectivity index (χ0) is 21.0. The van der Waals surface area contributed by atoms with Gasteiger partial charge in [0.15, 0.2) is 0 Å². The average Bonchev–Trinajstić information content (AvgIpc) is 2.92. The molecule has 0 atom stereocenters. The zero-order valence-electron chi connectivity index (χ0n) is 14.3. The Morgan fingerprint density at radius 2 is 1.48 bits per heavy atom. The largest absolute Gasteiger partial charge is 0.416 e. The van der Waals surface area contributed by atoms with E-state index in [1.807, 2.05) is 0 Å². The molecule has 3 aromatic rings. The van der Waals surface area contributed by atoms with Crippen LogP contribution in [-0.2, 0) is 20.6 Å². The molecule has 4 rings (SSSR count). The van der Waals surface area contributed by atoms with Crippen LogP contribution < -0.4 is 0 Å². The number of benzene rings is 3. The van der Waals surface area contributed by atoms with Crippen molar-refractivity contribution in [2.45, 2.75) is 11.1 Å². The van der Waals surface area contributed by atoms with E-state index in [1.165, 1.54) is 6.07 Å². The van der Waals surface area contributed by atoms with Crippen LogP contribution in [0.1, 0.15) is 26.3 Å². The van der Waals surface area contributed by atoms with Gasteiger partial charge in [-0.3, -0.25) is 9.59 Å². The smallest absolute Gasteiger partial charge is 0.266 e. The Morgan fingerprint density at radius 1 is 0.828 bits per heavy atom. The standard InChI is InChI=1S/C19H10F3NO5S/c20-19(21,22)12-6-8-13(9-7-12)29(26,27)28-23-17(24)15-10-5-11-3-1-2-4-14(11)16(15)18(23)25/h1-10H. The van der Waals surface area contributed by atoms with E-state index < -0.39 is 38.6 Å². The van der Waals surface area contributed by atoms with Crippen LogP contribution in [0.2, 0.25) is 0 Å². The fraction of sp³-hybridized carbons (Fsp3) is 0.0526. The van der Waals surface area contributed by atoms with Crippen molar-refractivity contribution < 1.29 is 35.5 Å². The second kappa shape index (κ2) is 6.39. The molecule has 148 valence electrons. The number of alkyl halides is 3. The molecule has 0 bridgehead atoms. The van der Waals surface area contributed by atoms with E-state index in [0.29, 0.717) is 35.0 Å². The maximum atomic E-state index is 12.7. The summed E-state index contributed by atoms with van der Waals surface area (Å²) in [6, 6.07) is 12.2. The molecule has 0 saturated heterocycles. The summed E-state index contributed by atoms with van der Waals surface area (Å²) < 4.78 is 67.4. The molecule has 1 aliphatic heterocycles. The Hall–Kier alpha value is -3.24. The number of amides is 2. The molecule has 2 amide bonds. The predicted octanol–water partition coefficient (Wildman–Crippen LogP) is 3.78. The second-order valence-corrected chi connectivity index (χ2v) is 7.69. The summed E-state index contributed by atoms with van der Waals surface area (Å²) in [5.41, 5.74) is -1.09. The number of hydrogen-bond acceptors (Lipinski definition) is 5. The molecule has 1 heterocycles. The van der Waals surface area contributed by atoms with Crippen LogP contribution in [0.15, 0.2) is 65.6 Å².